The standard InChI is InChI=1S/C12H16N2O3/c1-2-14(8-6-13-7-8)12(17)9-4-3-5-10(15)11(9)16/h3-5,8,13,15-16H,2,6-7H2,1H3. The SMILES string of the molecule is CCN(C(=O)c1cccc(O)c1O)C1CNC1. The molecule has 0 aliphatic carbocycles. The van der Waals surface area contributed by atoms with Crippen LogP contribution in [0.5, 0.6) is 11.5 Å². The number of benzene rings is 1. The first-order valence-electron chi connectivity index (χ1n) is 5.67. The highest BCUT2D eigenvalue weighted by Gasteiger charge is 2.29. The van der Waals surface area contributed by atoms with Gasteiger partial charge in [0.15, 0.2) is 11.5 Å². The molecule has 1 aliphatic heterocycles. The molecular formula is C12H16N2O3. The predicted molar refractivity (Wildman–Crippen MR) is 63.1 cm³/mol. The highest BCUT2D eigenvalue weighted by atomic mass is 16.3. The van der Waals surface area contributed by atoms with Crippen molar-refractivity contribution in [3.05, 3.63) is 23.8 Å². The summed E-state index contributed by atoms with van der Waals surface area (Å²) < 4.78 is 0. The maximum atomic E-state index is 12.2. The third kappa shape index (κ3) is 2.06. The summed E-state index contributed by atoms with van der Waals surface area (Å²) >= 11 is 0. The summed E-state index contributed by atoms with van der Waals surface area (Å²) in [6, 6.07) is 4.60. The molecule has 5 nitrogen and oxygen atoms in total. The van der Waals surface area contributed by atoms with E-state index in [4.69, 9.17) is 0 Å². The lowest BCUT2D eigenvalue weighted by molar-refractivity contribution is 0.0626. The molecule has 0 spiro atoms. The van der Waals surface area contributed by atoms with Crippen molar-refractivity contribution >= 4 is 5.91 Å². The molecule has 0 radical (unpaired) electrons. The second kappa shape index (κ2) is 4.63. The number of carbonyl (C=O) groups is 1. The van der Waals surface area contributed by atoms with E-state index in [1.807, 2.05) is 6.92 Å². The molecule has 1 aliphatic rings. The third-order valence-electron chi connectivity index (χ3n) is 3.05. The maximum Gasteiger partial charge on any atom is 0.258 e. The summed E-state index contributed by atoms with van der Waals surface area (Å²) in [4.78, 5) is 13.9. The first-order valence-corrected chi connectivity index (χ1v) is 5.67. The van der Waals surface area contributed by atoms with Crippen LogP contribution in [0, 0.1) is 0 Å². The highest BCUT2D eigenvalue weighted by molar-refractivity contribution is 5.97. The summed E-state index contributed by atoms with van der Waals surface area (Å²) in [5, 5.41) is 22.2. The predicted octanol–water partition coefficient (Wildman–Crippen LogP) is 0.532. The Balaban J connectivity index is 2.25. The van der Waals surface area contributed by atoms with Crippen molar-refractivity contribution in [2.75, 3.05) is 19.6 Å². The molecule has 1 aromatic rings. The Kier molecular flexibility index (Phi) is 3.19. The van der Waals surface area contributed by atoms with Gasteiger partial charge in [0.05, 0.1) is 11.6 Å². The zero-order chi connectivity index (χ0) is 12.4. The van der Waals surface area contributed by atoms with Crippen LogP contribution in [0.4, 0.5) is 0 Å². The molecule has 1 saturated heterocycles. The number of aromatic hydroxyl groups is 2. The number of amides is 1. The summed E-state index contributed by atoms with van der Waals surface area (Å²) in [5.41, 5.74) is 0.152. The van der Waals surface area contributed by atoms with E-state index in [-0.39, 0.29) is 29.0 Å². The van der Waals surface area contributed by atoms with Gasteiger partial charge in [0.2, 0.25) is 0 Å². The van der Waals surface area contributed by atoms with E-state index in [1.54, 1.807) is 11.0 Å². The van der Waals surface area contributed by atoms with E-state index in [0.29, 0.717) is 6.54 Å². The Morgan fingerprint density at radius 2 is 2.18 bits per heavy atom. The van der Waals surface area contributed by atoms with Crippen LogP contribution in [0.2, 0.25) is 0 Å². The molecule has 1 fully saturated rings. The molecule has 1 amide bonds. The van der Waals surface area contributed by atoms with E-state index >= 15 is 0 Å². The van der Waals surface area contributed by atoms with Crippen molar-refractivity contribution in [3.8, 4) is 11.5 Å². The number of carbonyl (C=O) groups excluding carboxylic acids is 1. The molecule has 5 heteroatoms. The van der Waals surface area contributed by atoms with Crippen LogP contribution >= 0.6 is 0 Å². The quantitative estimate of drug-likeness (QED) is 0.669. The average molecular weight is 236 g/mol. The Labute approximate surface area is 99.7 Å². The largest absolute Gasteiger partial charge is 0.504 e. The van der Waals surface area contributed by atoms with E-state index in [2.05, 4.69) is 5.32 Å². The van der Waals surface area contributed by atoms with Gasteiger partial charge in [-0.3, -0.25) is 4.79 Å². The van der Waals surface area contributed by atoms with Crippen LogP contribution in [0.25, 0.3) is 0 Å². The summed E-state index contributed by atoms with van der Waals surface area (Å²) in [5.74, 6) is -0.853. The Hall–Kier alpha value is -1.75. The second-order valence-electron chi connectivity index (χ2n) is 4.08. The van der Waals surface area contributed by atoms with Gasteiger partial charge in [0.1, 0.15) is 0 Å². The molecule has 0 atom stereocenters. The van der Waals surface area contributed by atoms with Crippen LogP contribution < -0.4 is 5.32 Å². The molecule has 0 unspecified atom stereocenters. The lowest BCUT2D eigenvalue weighted by Crippen LogP contribution is -2.58. The van der Waals surface area contributed by atoms with Crippen molar-refractivity contribution in [3.63, 3.8) is 0 Å². The van der Waals surface area contributed by atoms with E-state index in [9.17, 15) is 15.0 Å². The normalized spacial score (nSPS) is 15.4. The fourth-order valence-electron chi connectivity index (χ4n) is 1.92. The minimum atomic E-state index is -0.344. The molecule has 0 saturated carbocycles. The highest BCUT2D eigenvalue weighted by Crippen LogP contribution is 2.29. The van der Waals surface area contributed by atoms with Gasteiger partial charge >= 0.3 is 0 Å². The molecule has 17 heavy (non-hydrogen) atoms. The first-order chi connectivity index (χ1) is 8.15. The van der Waals surface area contributed by atoms with Gasteiger partial charge in [-0.05, 0) is 19.1 Å². The topological polar surface area (TPSA) is 72.8 Å². The number of hydrogen-bond acceptors (Lipinski definition) is 4. The van der Waals surface area contributed by atoms with Gasteiger partial charge in [-0.2, -0.15) is 0 Å². The van der Waals surface area contributed by atoms with Gasteiger partial charge < -0.3 is 20.4 Å². The van der Waals surface area contributed by atoms with Crippen molar-refractivity contribution in [1.82, 2.24) is 10.2 Å². The Morgan fingerprint density at radius 3 is 2.71 bits per heavy atom. The fourth-order valence-corrected chi connectivity index (χ4v) is 1.92. The van der Waals surface area contributed by atoms with Crippen molar-refractivity contribution < 1.29 is 15.0 Å². The molecule has 0 bridgehead atoms. The van der Waals surface area contributed by atoms with Crippen LogP contribution in [0.3, 0.4) is 0 Å². The van der Waals surface area contributed by atoms with E-state index in [1.165, 1.54) is 12.1 Å². The van der Waals surface area contributed by atoms with E-state index in [0.717, 1.165) is 13.1 Å². The van der Waals surface area contributed by atoms with Crippen molar-refractivity contribution in [2.24, 2.45) is 0 Å². The molecule has 1 heterocycles. The third-order valence-corrected chi connectivity index (χ3v) is 3.05. The molecule has 0 aromatic heterocycles. The average Bonchev–Trinajstić information content (AvgIpc) is 2.26. The van der Waals surface area contributed by atoms with Gasteiger partial charge in [-0.15, -0.1) is 0 Å². The number of hydrogen-bond donors (Lipinski definition) is 3. The number of likely N-dealkylation sites (N-methyl/N-ethyl adjacent to an activating group) is 1. The number of phenols is 2. The summed E-state index contributed by atoms with van der Waals surface area (Å²) in [6.45, 7) is 4.04. The smallest absolute Gasteiger partial charge is 0.258 e. The zero-order valence-corrected chi connectivity index (χ0v) is 9.68. The minimum absolute atomic E-state index is 0.152. The van der Waals surface area contributed by atoms with Crippen molar-refractivity contribution in [2.45, 2.75) is 13.0 Å². The number of nitrogens with one attached hydrogen (secondary N) is 1. The lowest BCUT2D eigenvalue weighted by atomic mass is 10.1. The number of rotatable bonds is 3. The monoisotopic (exact) mass is 236 g/mol. The molecule has 92 valence electrons. The van der Waals surface area contributed by atoms with Gasteiger partial charge in [0.25, 0.3) is 5.91 Å². The number of para-hydroxylation sites is 1. The number of nitrogens with zero attached hydrogens (tertiary/aromatic N) is 1. The maximum absolute atomic E-state index is 12.2. The lowest BCUT2D eigenvalue weighted by Gasteiger charge is -2.37. The Morgan fingerprint density at radius 1 is 1.47 bits per heavy atom. The second-order valence-corrected chi connectivity index (χ2v) is 4.08. The van der Waals surface area contributed by atoms with Crippen LogP contribution in [-0.2, 0) is 0 Å². The minimum Gasteiger partial charge on any atom is -0.504 e. The van der Waals surface area contributed by atoms with Crippen molar-refractivity contribution in [1.29, 1.82) is 0 Å². The first kappa shape index (κ1) is 11.7. The molecule has 1 aromatic carbocycles. The molecule has 3 N–H and O–H groups in total. The van der Waals surface area contributed by atoms with E-state index < -0.39 is 0 Å². The van der Waals surface area contributed by atoms with Crippen LogP contribution in [0.15, 0.2) is 18.2 Å². The molecular weight excluding hydrogens is 220 g/mol. The molecule has 2 rings (SSSR count). The summed E-state index contributed by atoms with van der Waals surface area (Å²) in [6.07, 6.45) is 0. The van der Waals surface area contributed by atoms with Gasteiger partial charge in [-0.25, -0.2) is 0 Å². The van der Waals surface area contributed by atoms with Gasteiger partial charge in [-0.1, -0.05) is 6.07 Å². The zero-order valence-electron chi connectivity index (χ0n) is 9.68. The van der Waals surface area contributed by atoms with Crippen LogP contribution in [-0.4, -0.2) is 46.7 Å². The van der Waals surface area contributed by atoms with Gasteiger partial charge in [0, 0.05) is 19.6 Å². The Bertz CT molecular complexity index is 430. The summed E-state index contributed by atoms with van der Waals surface area (Å²) in [7, 11) is 0. The number of phenolic OH excluding ortho intramolecular Hbond substituents is 2. The fraction of sp³-hybridized carbons (Fsp3) is 0.417. The van der Waals surface area contributed by atoms with Crippen LogP contribution in [0.1, 0.15) is 17.3 Å².